The number of carbonyl (C=O) groups excluding carboxylic acids is 1. The normalized spacial score (nSPS) is 12.2. The van der Waals surface area contributed by atoms with Crippen LogP contribution in [0.5, 0.6) is 5.75 Å². The number of hydrogen-bond donors (Lipinski definition) is 0. The summed E-state index contributed by atoms with van der Waals surface area (Å²) >= 11 is 0. The van der Waals surface area contributed by atoms with Crippen molar-refractivity contribution in [1.29, 1.82) is 0 Å². The van der Waals surface area contributed by atoms with E-state index in [4.69, 9.17) is 4.74 Å². The summed E-state index contributed by atoms with van der Waals surface area (Å²) in [6.07, 6.45) is 5.18. The van der Waals surface area contributed by atoms with Gasteiger partial charge in [-0.3, -0.25) is 0 Å². The van der Waals surface area contributed by atoms with E-state index in [9.17, 15) is 4.79 Å². The zero-order valence-corrected chi connectivity index (χ0v) is 12.4. The Morgan fingerprint density at radius 1 is 1.21 bits per heavy atom. The van der Waals surface area contributed by atoms with E-state index in [2.05, 4.69) is 26.0 Å². The number of rotatable bonds is 9. The first-order valence-electron chi connectivity index (χ1n) is 7.33. The number of benzene rings is 1. The first-order chi connectivity index (χ1) is 9.11. The third-order valence-corrected chi connectivity index (χ3v) is 3.16. The molecule has 0 aliphatic carbocycles. The van der Waals surface area contributed by atoms with Gasteiger partial charge in [0.25, 0.3) is 0 Å². The molecule has 0 saturated carbocycles. The Bertz CT molecular complexity index is 367. The standard InChI is InChI=1S/C17H26O2/c1-4-5-6-11-19-17-9-7-16(8-10-17)13-14(2)12-15(3)18/h7-10,14H,4-6,11-13H2,1-3H3. The molecule has 0 fully saturated rings. The lowest BCUT2D eigenvalue weighted by Crippen LogP contribution is -2.05. The summed E-state index contributed by atoms with van der Waals surface area (Å²) in [5.41, 5.74) is 1.27. The van der Waals surface area contributed by atoms with Crippen molar-refractivity contribution >= 4 is 5.78 Å². The van der Waals surface area contributed by atoms with Gasteiger partial charge in [-0.1, -0.05) is 38.8 Å². The van der Waals surface area contributed by atoms with Crippen molar-refractivity contribution in [1.82, 2.24) is 0 Å². The van der Waals surface area contributed by atoms with Crippen molar-refractivity contribution < 1.29 is 9.53 Å². The highest BCUT2D eigenvalue weighted by atomic mass is 16.5. The van der Waals surface area contributed by atoms with E-state index in [1.807, 2.05) is 12.1 Å². The van der Waals surface area contributed by atoms with Crippen LogP contribution in [0.4, 0.5) is 0 Å². The molecule has 0 heterocycles. The fraction of sp³-hybridized carbons (Fsp3) is 0.588. The second-order valence-corrected chi connectivity index (χ2v) is 5.41. The molecule has 1 unspecified atom stereocenters. The molecule has 1 aromatic carbocycles. The maximum atomic E-state index is 11.0. The number of Topliss-reactive ketones (excluding diaryl/α,β-unsaturated/α-hetero) is 1. The van der Waals surface area contributed by atoms with E-state index < -0.39 is 0 Å². The third-order valence-electron chi connectivity index (χ3n) is 3.16. The molecule has 0 spiro atoms. The molecule has 2 nitrogen and oxygen atoms in total. The van der Waals surface area contributed by atoms with Gasteiger partial charge in [-0.05, 0) is 43.4 Å². The molecule has 1 aromatic rings. The van der Waals surface area contributed by atoms with Gasteiger partial charge in [-0.15, -0.1) is 0 Å². The van der Waals surface area contributed by atoms with Crippen LogP contribution in [0, 0.1) is 5.92 Å². The minimum Gasteiger partial charge on any atom is -0.494 e. The summed E-state index contributed by atoms with van der Waals surface area (Å²) in [5.74, 6) is 1.62. The van der Waals surface area contributed by atoms with Gasteiger partial charge in [0, 0.05) is 6.42 Å². The van der Waals surface area contributed by atoms with Crippen molar-refractivity contribution in [2.24, 2.45) is 5.92 Å². The largest absolute Gasteiger partial charge is 0.494 e. The lowest BCUT2D eigenvalue weighted by atomic mass is 9.96. The van der Waals surface area contributed by atoms with Crippen LogP contribution in [0.3, 0.4) is 0 Å². The predicted molar refractivity (Wildman–Crippen MR) is 79.6 cm³/mol. The van der Waals surface area contributed by atoms with E-state index >= 15 is 0 Å². The highest BCUT2D eigenvalue weighted by Gasteiger charge is 2.06. The van der Waals surface area contributed by atoms with Crippen LogP contribution in [0.2, 0.25) is 0 Å². The van der Waals surface area contributed by atoms with Gasteiger partial charge in [0.15, 0.2) is 0 Å². The summed E-state index contributed by atoms with van der Waals surface area (Å²) in [6.45, 7) is 6.77. The summed E-state index contributed by atoms with van der Waals surface area (Å²) in [5, 5.41) is 0. The van der Waals surface area contributed by atoms with Crippen LogP contribution in [0.1, 0.15) is 52.0 Å². The molecule has 0 amide bonds. The topological polar surface area (TPSA) is 26.3 Å². The quantitative estimate of drug-likeness (QED) is 0.616. The smallest absolute Gasteiger partial charge is 0.130 e. The molecule has 0 aromatic heterocycles. The molecule has 106 valence electrons. The Hall–Kier alpha value is -1.31. The van der Waals surface area contributed by atoms with Crippen molar-refractivity contribution in [2.45, 2.75) is 52.9 Å². The lowest BCUT2D eigenvalue weighted by Gasteiger charge is -2.10. The molecule has 0 radical (unpaired) electrons. The van der Waals surface area contributed by atoms with Gasteiger partial charge < -0.3 is 9.53 Å². The van der Waals surface area contributed by atoms with Gasteiger partial charge in [0.1, 0.15) is 11.5 Å². The average Bonchev–Trinajstić information content (AvgIpc) is 2.35. The summed E-state index contributed by atoms with van der Waals surface area (Å²) < 4.78 is 5.68. The minimum atomic E-state index is 0.267. The Balaban J connectivity index is 2.36. The zero-order valence-electron chi connectivity index (χ0n) is 12.4. The van der Waals surface area contributed by atoms with E-state index in [0.717, 1.165) is 25.2 Å². The predicted octanol–water partition coefficient (Wildman–Crippen LogP) is 4.41. The van der Waals surface area contributed by atoms with E-state index in [1.165, 1.54) is 18.4 Å². The van der Waals surface area contributed by atoms with Crippen LogP contribution in [0.15, 0.2) is 24.3 Å². The van der Waals surface area contributed by atoms with Crippen molar-refractivity contribution in [2.75, 3.05) is 6.61 Å². The molecule has 19 heavy (non-hydrogen) atoms. The van der Waals surface area contributed by atoms with Crippen LogP contribution < -0.4 is 4.74 Å². The molecule has 1 rings (SSSR count). The van der Waals surface area contributed by atoms with Crippen LogP contribution in [-0.2, 0) is 11.2 Å². The molecule has 0 aliphatic rings. The monoisotopic (exact) mass is 262 g/mol. The molecule has 2 heteroatoms. The van der Waals surface area contributed by atoms with Gasteiger partial charge in [0.05, 0.1) is 6.61 Å². The van der Waals surface area contributed by atoms with E-state index in [1.54, 1.807) is 6.92 Å². The first kappa shape index (κ1) is 15.7. The molecular formula is C17H26O2. The second kappa shape index (κ2) is 8.73. The van der Waals surface area contributed by atoms with E-state index in [0.29, 0.717) is 12.3 Å². The maximum Gasteiger partial charge on any atom is 0.130 e. The van der Waals surface area contributed by atoms with Crippen molar-refractivity contribution in [3.8, 4) is 5.75 Å². The summed E-state index contributed by atoms with van der Waals surface area (Å²) in [7, 11) is 0. The van der Waals surface area contributed by atoms with E-state index in [-0.39, 0.29) is 5.78 Å². The summed E-state index contributed by atoms with van der Waals surface area (Å²) in [6, 6.07) is 8.26. The zero-order chi connectivity index (χ0) is 14.1. The highest BCUT2D eigenvalue weighted by Crippen LogP contribution is 2.17. The van der Waals surface area contributed by atoms with Gasteiger partial charge in [-0.2, -0.15) is 0 Å². The third kappa shape index (κ3) is 7.00. The highest BCUT2D eigenvalue weighted by molar-refractivity contribution is 5.75. The van der Waals surface area contributed by atoms with Gasteiger partial charge in [0.2, 0.25) is 0 Å². The number of hydrogen-bond acceptors (Lipinski definition) is 2. The second-order valence-electron chi connectivity index (χ2n) is 5.41. The SMILES string of the molecule is CCCCCOc1ccc(CC(C)CC(C)=O)cc1. The fourth-order valence-corrected chi connectivity index (χ4v) is 2.23. The summed E-state index contributed by atoms with van der Waals surface area (Å²) in [4.78, 5) is 11.0. The maximum absolute atomic E-state index is 11.0. The Morgan fingerprint density at radius 2 is 1.89 bits per heavy atom. The number of ether oxygens (including phenoxy) is 1. The first-order valence-corrected chi connectivity index (χ1v) is 7.33. The van der Waals surface area contributed by atoms with Crippen LogP contribution >= 0.6 is 0 Å². The molecule has 0 bridgehead atoms. The fourth-order valence-electron chi connectivity index (χ4n) is 2.23. The lowest BCUT2D eigenvalue weighted by molar-refractivity contribution is -0.117. The average molecular weight is 262 g/mol. The minimum absolute atomic E-state index is 0.267. The molecule has 0 N–H and O–H groups in total. The van der Waals surface area contributed by atoms with Crippen molar-refractivity contribution in [3.63, 3.8) is 0 Å². The number of carbonyl (C=O) groups is 1. The van der Waals surface area contributed by atoms with Gasteiger partial charge >= 0.3 is 0 Å². The van der Waals surface area contributed by atoms with Crippen LogP contribution in [-0.4, -0.2) is 12.4 Å². The Morgan fingerprint density at radius 3 is 2.47 bits per heavy atom. The Kier molecular flexibility index (Phi) is 7.24. The van der Waals surface area contributed by atoms with Crippen molar-refractivity contribution in [3.05, 3.63) is 29.8 Å². The van der Waals surface area contributed by atoms with Crippen LogP contribution in [0.25, 0.3) is 0 Å². The molecule has 1 atom stereocenters. The number of ketones is 1. The molecule has 0 aliphatic heterocycles. The molecule has 0 saturated heterocycles. The Labute approximate surface area is 117 Å². The van der Waals surface area contributed by atoms with Gasteiger partial charge in [-0.25, -0.2) is 0 Å². The molecular weight excluding hydrogens is 236 g/mol. The number of unbranched alkanes of at least 4 members (excludes halogenated alkanes) is 2.